The molecule has 2 rings (SSSR count). The zero-order valence-electron chi connectivity index (χ0n) is 12.0. The van der Waals surface area contributed by atoms with Gasteiger partial charge in [0.1, 0.15) is 5.82 Å². The molecule has 0 aliphatic rings. The van der Waals surface area contributed by atoms with Crippen molar-refractivity contribution in [1.82, 2.24) is 9.55 Å². The summed E-state index contributed by atoms with van der Waals surface area (Å²) in [6.07, 6.45) is 6.00. The van der Waals surface area contributed by atoms with Crippen molar-refractivity contribution >= 4 is 0 Å². The van der Waals surface area contributed by atoms with Gasteiger partial charge in [0, 0.05) is 24.9 Å². The van der Waals surface area contributed by atoms with Gasteiger partial charge < -0.3 is 10.3 Å². The molecule has 0 spiro atoms. The molecule has 3 heteroatoms. The van der Waals surface area contributed by atoms with Gasteiger partial charge in [-0.2, -0.15) is 0 Å². The molecule has 0 bridgehead atoms. The van der Waals surface area contributed by atoms with Crippen molar-refractivity contribution in [1.29, 1.82) is 0 Å². The van der Waals surface area contributed by atoms with Crippen LogP contribution in [0.5, 0.6) is 0 Å². The maximum absolute atomic E-state index is 6.23. The minimum atomic E-state index is 0.0478. The summed E-state index contributed by atoms with van der Waals surface area (Å²) in [5.74, 6) is 1.12. The van der Waals surface area contributed by atoms with E-state index in [2.05, 4.69) is 54.6 Å². The normalized spacial score (nSPS) is 14.3. The van der Waals surface area contributed by atoms with E-state index in [1.807, 2.05) is 12.4 Å². The standard InChI is InChI=1S/C16H23N3/c1-4-6-15-18-9-10-19(15)16(13(3)17)14-8-5-7-12(2)11-14/h5,7-11,13,16H,4,6,17H2,1-3H3. The monoisotopic (exact) mass is 257 g/mol. The predicted molar refractivity (Wildman–Crippen MR) is 79.2 cm³/mol. The fraction of sp³-hybridized carbons (Fsp3) is 0.438. The molecule has 0 saturated carbocycles. The Hall–Kier alpha value is -1.61. The topological polar surface area (TPSA) is 43.8 Å². The van der Waals surface area contributed by atoms with E-state index in [1.54, 1.807) is 0 Å². The van der Waals surface area contributed by atoms with Crippen LogP contribution in [-0.4, -0.2) is 15.6 Å². The van der Waals surface area contributed by atoms with Crippen LogP contribution in [0.4, 0.5) is 0 Å². The fourth-order valence-corrected chi connectivity index (χ4v) is 2.59. The van der Waals surface area contributed by atoms with Crippen LogP contribution in [0.2, 0.25) is 0 Å². The van der Waals surface area contributed by atoms with Crippen molar-refractivity contribution in [3.63, 3.8) is 0 Å². The molecule has 2 N–H and O–H groups in total. The number of benzene rings is 1. The van der Waals surface area contributed by atoms with Crippen LogP contribution in [0.15, 0.2) is 36.7 Å². The molecule has 0 saturated heterocycles. The van der Waals surface area contributed by atoms with Crippen LogP contribution in [0, 0.1) is 6.92 Å². The van der Waals surface area contributed by atoms with E-state index in [0.717, 1.165) is 18.7 Å². The average Bonchev–Trinajstić information content (AvgIpc) is 2.78. The molecule has 1 heterocycles. The lowest BCUT2D eigenvalue weighted by atomic mass is 9.99. The van der Waals surface area contributed by atoms with Crippen molar-refractivity contribution in [2.75, 3.05) is 0 Å². The minimum Gasteiger partial charge on any atom is -0.326 e. The van der Waals surface area contributed by atoms with Gasteiger partial charge in [0.15, 0.2) is 0 Å². The SMILES string of the molecule is CCCc1nccn1C(c1cccc(C)c1)C(C)N. The largest absolute Gasteiger partial charge is 0.326 e. The Morgan fingerprint density at radius 3 is 2.79 bits per heavy atom. The number of imidazole rings is 1. The molecule has 0 aliphatic heterocycles. The molecule has 0 radical (unpaired) electrons. The number of nitrogens with zero attached hydrogens (tertiary/aromatic N) is 2. The molecular formula is C16H23N3. The second-order valence-corrected chi connectivity index (χ2v) is 5.22. The van der Waals surface area contributed by atoms with Gasteiger partial charge in [-0.3, -0.25) is 0 Å². The molecule has 1 aromatic heterocycles. The number of aromatic nitrogens is 2. The van der Waals surface area contributed by atoms with Gasteiger partial charge in [0.25, 0.3) is 0 Å². The van der Waals surface area contributed by atoms with E-state index < -0.39 is 0 Å². The third kappa shape index (κ3) is 3.04. The summed E-state index contributed by atoms with van der Waals surface area (Å²) < 4.78 is 2.23. The van der Waals surface area contributed by atoms with Crippen LogP contribution in [-0.2, 0) is 6.42 Å². The summed E-state index contributed by atoms with van der Waals surface area (Å²) in [5.41, 5.74) is 8.75. The molecule has 102 valence electrons. The Balaban J connectivity index is 2.43. The molecule has 0 aliphatic carbocycles. The highest BCUT2D eigenvalue weighted by molar-refractivity contribution is 5.27. The molecule has 1 aromatic carbocycles. The van der Waals surface area contributed by atoms with E-state index >= 15 is 0 Å². The van der Waals surface area contributed by atoms with Gasteiger partial charge >= 0.3 is 0 Å². The first-order chi connectivity index (χ1) is 9.13. The highest BCUT2D eigenvalue weighted by Gasteiger charge is 2.20. The summed E-state index contributed by atoms with van der Waals surface area (Å²) in [4.78, 5) is 4.46. The highest BCUT2D eigenvalue weighted by atomic mass is 15.1. The Morgan fingerprint density at radius 2 is 2.16 bits per heavy atom. The Morgan fingerprint density at radius 1 is 1.37 bits per heavy atom. The molecule has 0 amide bonds. The molecule has 19 heavy (non-hydrogen) atoms. The lowest BCUT2D eigenvalue weighted by Gasteiger charge is -2.25. The molecule has 2 aromatic rings. The van der Waals surface area contributed by atoms with Gasteiger partial charge in [0.2, 0.25) is 0 Å². The average molecular weight is 257 g/mol. The Kier molecular flexibility index (Phi) is 4.38. The first-order valence-corrected chi connectivity index (χ1v) is 6.97. The van der Waals surface area contributed by atoms with Crippen LogP contribution >= 0.6 is 0 Å². The van der Waals surface area contributed by atoms with Crippen molar-refractivity contribution < 1.29 is 0 Å². The summed E-state index contributed by atoms with van der Waals surface area (Å²) in [6.45, 7) is 6.35. The van der Waals surface area contributed by atoms with Gasteiger partial charge in [-0.1, -0.05) is 36.8 Å². The smallest absolute Gasteiger partial charge is 0.109 e. The summed E-state index contributed by atoms with van der Waals surface area (Å²) in [5, 5.41) is 0. The van der Waals surface area contributed by atoms with Crippen molar-refractivity contribution in [2.45, 2.75) is 45.7 Å². The first-order valence-electron chi connectivity index (χ1n) is 6.97. The third-order valence-corrected chi connectivity index (χ3v) is 3.40. The Bertz CT molecular complexity index is 528. The van der Waals surface area contributed by atoms with Gasteiger partial charge in [-0.15, -0.1) is 0 Å². The van der Waals surface area contributed by atoms with Crippen molar-refractivity contribution in [3.8, 4) is 0 Å². The fourth-order valence-electron chi connectivity index (χ4n) is 2.59. The summed E-state index contributed by atoms with van der Waals surface area (Å²) in [6, 6.07) is 8.77. The number of nitrogens with two attached hydrogens (primary N) is 1. The van der Waals surface area contributed by atoms with E-state index in [1.165, 1.54) is 11.1 Å². The van der Waals surface area contributed by atoms with Gasteiger partial charge in [0.05, 0.1) is 6.04 Å². The lowest BCUT2D eigenvalue weighted by molar-refractivity contribution is 0.478. The lowest BCUT2D eigenvalue weighted by Crippen LogP contribution is -2.31. The second kappa shape index (κ2) is 6.02. The maximum Gasteiger partial charge on any atom is 0.109 e. The summed E-state index contributed by atoms with van der Waals surface area (Å²) >= 11 is 0. The number of aryl methyl sites for hydroxylation is 2. The van der Waals surface area contributed by atoms with Gasteiger partial charge in [-0.25, -0.2) is 4.98 Å². The number of hydrogen-bond donors (Lipinski definition) is 1. The minimum absolute atomic E-state index is 0.0478. The highest BCUT2D eigenvalue weighted by Crippen LogP contribution is 2.24. The zero-order chi connectivity index (χ0) is 13.8. The maximum atomic E-state index is 6.23. The molecule has 2 unspecified atom stereocenters. The predicted octanol–water partition coefficient (Wildman–Crippen LogP) is 3.08. The molecule has 3 nitrogen and oxygen atoms in total. The molecule has 0 fully saturated rings. The van der Waals surface area contributed by atoms with Gasteiger partial charge in [-0.05, 0) is 25.8 Å². The second-order valence-electron chi connectivity index (χ2n) is 5.22. The Labute approximate surface area is 115 Å². The van der Waals surface area contributed by atoms with E-state index in [0.29, 0.717) is 0 Å². The molecular weight excluding hydrogens is 234 g/mol. The van der Waals surface area contributed by atoms with Crippen molar-refractivity contribution in [2.24, 2.45) is 5.73 Å². The third-order valence-electron chi connectivity index (χ3n) is 3.40. The first kappa shape index (κ1) is 13.8. The quantitative estimate of drug-likeness (QED) is 0.894. The van der Waals surface area contributed by atoms with E-state index in [4.69, 9.17) is 5.73 Å². The van der Waals surface area contributed by atoms with Crippen LogP contribution in [0.1, 0.15) is 43.3 Å². The molecule has 2 atom stereocenters. The van der Waals surface area contributed by atoms with Crippen molar-refractivity contribution in [3.05, 3.63) is 53.6 Å². The number of hydrogen-bond acceptors (Lipinski definition) is 2. The number of rotatable bonds is 5. The van der Waals surface area contributed by atoms with Crippen LogP contribution < -0.4 is 5.73 Å². The summed E-state index contributed by atoms with van der Waals surface area (Å²) in [7, 11) is 0. The van der Waals surface area contributed by atoms with E-state index in [9.17, 15) is 0 Å². The zero-order valence-corrected chi connectivity index (χ0v) is 12.0. The van der Waals surface area contributed by atoms with E-state index in [-0.39, 0.29) is 12.1 Å². The van der Waals surface area contributed by atoms with Crippen LogP contribution in [0.25, 0.3) is 0 Å². The van der Waals surface area contributed by atoms with Crippen LogP contribution in [0.3, 0.4) is 0 Å².